The molecule has 2 heterocycles. The summed E-state index contributed by atoms with van der Waals surface area (Å²) in [4.78, 5) is 10.7. The molecule has 0 saturated heterocycles. The van der Waals surface area contributed by atoms with Crippen LogP contribution in [0.15, 0.2) is 199 Å². The summed E-state index contributed by atoms with van der Waals surface area (Å²) in [5.41, 5.74) is 13.4. The van der Waals surface area contributed by atoms with Crippen LogP contribution in [0.4, 0.5) is 0 Å². The van der Waals surface area contributed by atoms with Gasteiger partial charge in [0.2, 0.25) is 0 Å². The van der Waals surface area contributed by atoms with Crippen molar-refractivity contribution in [1.29, 1.82) is 0 Å². The summed E-state index contributed by atoms with van der Waals surface area (Å²) >= 11 is 0. The summed E-state index contributed by atoms with van der Waals surface area (Å²) in [5, 5.41) is 4.47. The first-order valence-electron chi connectivity index (χ1n) is 18.4. The van der Waals surface area contributed by atoms with Gasteiger partial charge in [-0.2, -0.15) is 0 Å². The van der Waals surface area contributed by atoms with Gasteiger partial charge in [-0.25, -0.2) is 9.97 Å². The van der Waals surface area contributed by atoms with E-state index in [9.17, 15) is 0 Å². The number of nitrogens with zero attached hydrogens (tertiary/aromatic N) is 2. The fourth-order valence-electron chi connectivity index (χ4n) is 8.77. The van der Waals surface area contributed by atoms with Gasteiger partial charge in [-0.1, -0.05) is 164 Å². The van der Waals surface area contributed by atoms with E-state index in [2.05, 4.69) is 182 Å². The maximum atomic E-state index is 6.35. The van der Waals surface area contributed by atoms with E-state index in [1.54, 1.807) is 0 Å². The first-order valence-corrected chi connectivity index (χ1v) is 18.4. The minimum absolute atomic E-state index is 0.509. The highest BCUT2D eigenvalue weighted by atomic mass is 16.3. The summed E-state index contributed by atoms with van der Waals surface area (Å²) in [6.45, 7) is 0. The molecular formula is C51H32N2O. The second kappa shape index (κ2) is 12.0. The Kier molecular flexibility index (Phi) is 6.77. The van der Waals surface area contributed by atoms with Crippen molar-refractivity contribution in [3.8, 4) is 45.0 Å². The van der Waals surface area contributed by atoms with Crippen molar-refractivity contribution in [3.63, 3.8) is 0 Å². The van der Waals surface area contributed by atoms with Gasteiger partial charge in [0, 0.05) is 27.5 Å². The van der Waals surface area contributed by atoms with Crippen LogP contribution in [-0.2, 0) is 5.41 Å². The van der Waals surface area contributed by atoms with Gasteiger partial charge in [0.25, 0.3) is 0 Å². The summed E-state index contributed by atoms with van der Waals surface area (Å²) < 4.78 is 6.35. The molecule has 0 aliphatic heterocycles. The minimum Gasteiger partial charge on any atom is -0.456 e. The molecule has 1 aliphatic rings. The Morgan fingerprint density at radius 1 is 0.370 bits per heavy atom. The maximum Gasteiger partial charge on any atom is 0.161 e. The third-order valence-corrected chi connectivity index (χ3v) is 11.2. The monoisotopic (exact) mass is 688 g/mol. The third-order valence-electron chi connectivity index (χ3n) is 11.2. The lowest BCUT2D eigenvalue weighted by Gasteiger charge is -2.34. The number of rotatable bonds is 5. The Morgan fingerprint density at radius 2 is 0.944 bits per heavy atom. The molecule has 0 spiro atoms. The molecule has 54 heavy (non-hydrogen) atoms. The van der Waals surface area contributed by atoms with Crippen LogP contribution in [0.1, 0.15) is 22.3 Å². The van der Waals surface area contributed by atoms with Crippen LogP contribution < -0.4 is 0 Å². The van der Waals surface area contributed by atoms with E-state index < -0.39 is 5.41 Å². The average molecular weight is 689 g/mol. The van der Waals surface area contributed by atoms with Crippen molar-refractivity contribution in [2.45, 2.75) is 5.41 Å². The van der Waals surface area contributed by atoms with E-state index in [1.165, 1.54) is 33.4 Å². The highest BCUT2D eigenvalue weighted by molar-refractivity contribution is 6.06. The SMILES string of the molecule is c1ccc(C2(c3ccccc3)c3ccccc3-c3ccc(-c4cc(-c5ccc6c(c5)oc5ccccc56)nc(-c5cccc6ccccc56)n4)cc32)cc1. The Hall–Kier alpha value is -7.10. The molecule has 0 unspecified atom stereocenters. The van der Waals surface area contributed by atoms with Gasteiger partial charge in [0.15, 0.2) is 5.82 Å². The molecule has 252 valence electrons. The Balaban J connectivity index is 1.17. The maximum absolute atomic E-state index is 6.35. The average Bonchev–Trinajstić information content (AvgIpc) is 3.77. The van der Waals surface area contributed by atoms with Crippen molar-refractivity contribution in [2.24, 2.45) is 0 Å². The van der Waals surface area contributed by atoms with Gasteiger partial charge < -0.3 is 4.42 Å². The molecule has 0 fully saturated rings. The molecule has 0 atom stereocenters. The van der Waals surface area contributed by atoms with Gasteiger partial charge in [0.1, 0.15) is 11.2 Å². The van der Waals surface area contributed by atoms with Gasteiger partial charge >= 0.3 is 0 Å². The van der Waals surface area contributed by atoms with Crippen molar-refractivity contribution >= 4 is 32.7 Å². The summed E-state index contributed by atoms with van der Waals surface area (Å²) in [6, 6.07) is 69.2. The molecule has 11 rings (SSSR count). The number of aromatic nitrogens is 2. The van der Waals surface area contributed by atoms with Gasteiger partial charge in [0.05, 0.1) is 16.8 Å². The van der Waals surface area contributed by atoms with Crippen LogP contribution in [-0.4, -0.2) is 9.97 Å². The molecular weight excluding hydrogens is 657 g/mol. The molecule has 0 N–H and O–H groups in total. The van der Waals surface area contributed by atoms with Crippen molar-refractivity contribution in [3.05, 3.63) is 216 Å². The predicted molar refractivity (Wildman–Crippen MR) is 220 cm³/mol. The van der Waals surface area contributed by atoms with E-state index >= 15 is 0 Å². The molecule has 2 aromatic heterocycles. The smallest absolute Gasteiger partial charge is 0.161 e. The lowest BCUT2D eigenvalue weighted by Crippen LogP contribution is -2.28. The van der Waals surface area contributed by atoms with Gasteiger partial charge in [-0.05, 0) is 74.5 Å². The van der Waals surface area contributed by atoms with Crippen LogP contribution in [0, 0.1) is 0 Å². The Labute approximate surface area is 312 Å². The van der Waals surface area contributed by atoms with Crippen LogP contribution in [0.5, 0.6) is 0 Å². The summed E-state index contributed by atoms with van der Waals surface area (Å²) in [6.07, 6.45) is 0. The largest absolute Gasteiger partial charge is 0.456 e. The Bertz CT molecular complexity index is 3010. The molecule has 8 aromatic carbocycles. The lowest BCUT2D eigenvalue weighted by molar-refractivity contribution is 0.669. The fourth-order valence-corrected chi connectivity index (χ4v) is 8.77. The van der Waals surface area contributed by atoms with E-state index in [-0.39, 0.29) is 0 Å². The first kappa shape index (κ1) is 30.5. The van der Waals surface area contributed by atoms with Crippen molar-refractivity contribution < 1.29 is 4.42 Å². The highest BCUT2D eigenvalue weighted by Gasteiger charge is 2.46. The Morgan fingerprint density at radius 3 is 1.74 bits per heavy atom. The minimum atomic E-state index is -0.509. The van der Waals surface area contributed by atoms with Crippen LogP contribution in [0.3, 0.4) is 0 Å². The van der Waals surface area contributed by atoms with Crippen LogP contribution in [0.25, 0.3) is 77.7 Å². The van der Waals surface area contributed by atoms with Crippen molar-refractivity contribution in [1.82, 2.24) is 9.97 Å². The van der Waals surface area contributed by atoms with Crippen LogP contribution in [0.2, 0.25) is 0 Å². The summed E-state index contributed by atoms with van der Waals surface area (Å²) in [7, 11) is 0. The second-order valence-corrected chi connectivity index (χ2v) is 14.1. The molecule has 10 aromatic rings. The topological polar surface area (TPSA) is 38.9 Å². The van der Waals surface area contributed by atoms with E-state index in [4.69, 9.17) is 14.4 Å². The number of benzene rings is 8. The standard InChI is InChI=1S/C51H32N2O/c1-3-16-36(17-4-1)51(37-18-5-2-6-19-37)44-24-11-9-21-39(44)40-28-26-34(30-45(40)51)46-32-47(35-27-29-42-41-22-10-12-25-48(41)54-49(42)31-35)53-50(52-46)43-23-13-15-33-14-7-8-20-38(33)43/h1-32H. The van der Waals surface area contributed by atoms with E-state index in [1.807, 2.05) is 12.1 Å². The zero-order valence-corrected chi connectivity index (χ0v) is 29.3. The zero-order chi connectivity index (χ0) is 35.6. The number of hydrogen-bond acceptors (Lipinski definition) is 3. The third kappa shape index (κ3) is 4.55. The number of furan rings is 1. The lowest BCUT2D eigenvalue weighted by atomic mass is 9.67. The molecule has 3 heteroatoms. The predicted octanol–water partition coefficient (Wildman–Crippen LogP) is 12.9. The highest BCUT2D eigenvalue weighted by Crippen LogP contribution is 2.56. The zero-order valence-electron chi connectivity index (χ0n) is 29.3. The summed E-state index contributed by atoms with van der Waals surface area (Å²) in [5.74, 6) is 0.685. The fraction of sp³-hybridized carbons (Fsp3) is 0.0196. The normalized spacial score (nSPS) is 13.0. The number of fused-ring (bicyclic) bond motifs is 7. The molecule has 3 nitrogen and oxygen atoms in total. The molecule has 0 amide bonds. The number of para-hydroxylation sites is 1. The van der Waals surface area contributed by atoms with Gasteiger partial charge in [-0.15, -0.1) is 0 Å². The number of hydrogen-bond donors (Lipinski definition) is 0. The molecule has 0 saturated carbocycles. The molecule has 1 aliphatic carbocycles. The first-order chi connectivity index (χ1) is 26.8. The van der Waals surface area contributed by atoms with Crippen molar-refractivity contribution in [2.75, 3.05) is 0 Å². The van der Waals surface area contributed by atoms with E-state index in [0.29, 0.717) is 5.82 Å². The van der Waals surface area contributed by atoms with Gasteiger partial charge in [-0.3, -0.25) is 0 Å². The quantitative estimate of drug-likeness (QED) is 0.181. The second-order valence-electron chi connectivity index (χ2n) is 14.1. The molecule has 0 bridgehead atoms. The van der Waals surface area contributed by atoms with E-state index in [0.717, 1.165) is 60.8 Å². The van der Waals surface area contributed by atoms with Crippen LogP contribution >= 0.6 is 0 Å². The molecule has 0 radical (unpaired) electrons.